The summed E-state index contributed by atoms with van der Waals surface area (Å²) in [6.07, 6.45) is 1.57. The van der Waals surface area contributed by atoms with E-state index in [1.54, 1.807) is 4.90 Å². The smallest absolute Gasteiger partial charge is 0.246 e. The summed E-state index contributed by atoms with van der Waals surface area (Å²) in [7, 11) is 0. The molecule has 0 bridgehead atoms. The van der Waals surface area contributed by atoms with Gasteiger partial charge in [-0.15, -0.1) is 0 Å². The van der Waals surface area contributed by atoms with Gasteiger partial charge in [-0.2, -0.15) is 0 Å². The Bertz CT molecular complexity index is 496. The molecule has 1 aliphatic heterocycles. The van der Waals surface area contributed by atoms with Crippen LogP contribution in [0.15, 0.2) is 24.3 Å². The number of amides is 2. The lowest BCUT2D eigenvalue weighted by Crippen LogP contribution is -2.58. The molecule has 1 fully saturated rings. The summed E-state index contributed by atoms with van der Waals surface area (Å²) in [4.78, 5) is 25.9. The maximum absolute atomic E-state index is 12.5. The van der Waals surface area contributed by atoms with E-state index in [9.17, 15) is 9.59 Å². The maximum atomic E-state index is 12.5. The predicted molar refractivity (Wildman–Crippen MR) is 78.1 cm³/mol. The largest absolute Gasteiger partial charge is 0.343 e. The first-order chi connectivity index (χ1) is 9.52. The molecule has 2 rings (SSSR count). The van der Waals surface area contributed by atoms with Crippen molar-refractivity contribution in [3.63, 3.8) is 0 Å². The maximum Gasteiger partial charge on any atom is 0.246 e. The molecule has 2 unspecified atom stereocenters. The zero-order valence-corrected chi connectivity index (χ0v) is 12.3. The van der Waals surface area contributed by atoms with E-state index in [0.29, 0.717) is 6.42 Å². The van der Waals surface area contributed by atoms with Crippen LogP contribution in [0.2, 0.25) is 0 Å². The van der Waals surface area contributed by atoms with Crippen LogP contribution in [0.25, 0.3) is 0 Å². The summed E-state index contributed by atoms with van der Waals surface area (Å²) in [5, 5.41) is 2.78. The molecule has 0 spiro atoms. The molecule has 2 amide bonds. The summed E-state index contributed by atoms with van der Waals surface area (Å²) in [6.45, 7) is 6.17. The summed E-state index contributed by atoms with van der Waals surface area (Å²) in [5.74, 6) is -0.0402. The fraction of sp³-hybridized carbons (Fsp3) is 0.500. The quantitative estimate of drug-likeness (QED) is 0.915. The monoisotopic (exact) mass is 274 g/mol. The van der Waals surface area contributed by atoms with E-state index in [-0.39, 0.29) is 30.4 Å². The van der Waals surface area contributed by atoms with E-state index in [4.69, 9.17) is 0 Å². The lowest BCUT2D eigenvalue weighted by atomic mass is 10.0. The van der Waals surface area contributed by atoms with Gasteiger partial charge < -0.3 is 10.2 Å². The Morgan fingerprint density at radius 2 is 1.95 bits per heavy atom. The van der Waals surface area contributed by atoms with E-state index in [2.05, 4.69) is 5.32 Å². The van der Waals surface area contributed by atoms with Gasteiger partial charge >= 0.3 is 0 Å². The van der Waals surface area contributed by atoms with Crippen molar-refractivity contribution in [1.29, 1.82) is 0 Å². The zero-order valence-electron chi connectivity index (χ0n) is 12.3. The highest BCUT2D eigenvalue weighted by molar-refractivity contribution is 5.95. The number of rotatable bonds is 4. The van der Waals surface area contributed by atoms with Gasteiger partial charge in [0, 0.05) is 0 Å². The Kier molecular flexibility index (Phi) is 4.42. The average Bonchev–Trinajstić information content (AvgIpc) is 2.43. The van der Waals surface area contributed by atoms with Crippen molar-refractivity contribution >= 4 is 11.8 Å². The van der Waals surface area contributed by atoms with Crippen molar-refractivity contribution < 1.29 is 9.59 Å². The van der Waals surface area contributed by atoms with E-state index in [1.165, 1.54) is 5.56 Å². The molecule has 1 N–H and O–H groups in total. The molecule has 108 valence electrons. The zero-order chi connectivity index (χ0) is 14.7. The highest BCUT2D eigenvalue weighted by Crippen LogP contribution is 2.23. The molecule has 20 heavy (non-hydrogen) atoms. The molecule has 1 aliphatic rings. The molecule has 0 aliphatic carbocycles. The van der Waals surface area contributed by atoms with Gasteiger partial charge in [-0.25, -0.2) is 0 Å². The first-order valence-corrected chi connectivity index (χ1v) is 7.19. The number of benzene rings is 1. The lowest BCUT2D eigenvalue weighted by Gasteiger charge is -2.36. The molecule has 0 radical (unpaired) electrons. The SMILES string of the molecule is CCCC1NC(=O)CN(C(C)c2ccc(C)cc2)C1=O. The van der Waals surface area contributed by atoms with E-state index in [0.717, 1.165) is 12.0 Å². The Morgan fingerprint density at radius 3 is 2.55 bits per heavy atom. The third-order valence-electron chi connectivity index (χ3n) is 3.83. The second-order valence-electron chi connectivity index (χ2n) is 5.46. The Hall–Kier alpha value is -1.84. The standard InChI is InChI=1S/C16H22N2O2/c1-4-5-14-16(20)18(10-15(19)17-14)12(3)13-8-6-11(2)7-9-13/h6-9,12,14H,4-5,10H2,1-3H3,(H,17,19). The van der Waals surface area contributed by atoms with Crippen molar-refractivity contribution in [2.75, 3.05) is 6.54 Å². The normalized spacial score (nSPS) is 20.8. The highest BCUT2D eigenvalue weighted by Gasteiger charge is 2.34. The molecule has 1 heterocycles. The molecular formula is C16H22N2O2. The van der Waals surface area contributed by atoms with Crippen LogP contribution in [0.4, 0.5) is 0 Å². The van der Waals surface area contributed by atoms with Crippen LogP contribution in [0, 0.1) is 6.92 Å². The van der Waals surface area contributed by atoms with E-state index < -0.39 is 0 Å². The fourth-order valence-electron chi connectivity index (χ4n) is 2.57. The summed E-state index contributed by atoms with van der Waals surface area (Å²) >= 11 is 0. The molecule has 1 aromatic carbocycles. The van der Waals surface area contributed by atoms with Gasteiger partial charge in [0.1, 0.15) is 12.6 Å². The minimum absolute atomic E-state index is 0.0273. The van der Waals surface area contributed by atoms with Crippen molar-refractivity contribution in [1.82, 2.24) is 10.2 Å². The number of carbonyl (C=O) groups excluding carboxylic acids is 2. The molecule has 4 heteroatoms. The Morgan fingerprint density at radius 1 is 1.30 bits per heavy atom. The van der Waals surface area contributed by atoms with Crippen LogP contribution in [0.3, 0.4) is 0 Å². The van der Waals surface area contributed by atoms with Crippen LogP contribution in [0.1, 0.15) is 43.9 Å². The van der Waals surface area contributed by atoms with Crippen LogP contribution in [-0.2, 0) is 9.59 Å². The van der Waals surface area contributed by atoms with Crippen molar-refractivity contribution in [3.8, 4) is 0 Å². The van der Waals surface area contributed by atoms with Crippen molar-refractivity contribution in [2.45, 2.75) is 45.7 Å². The first kappa shape index (κ1) is 14.6. The minimum atomic E-state index is -0.367. The van der Waals surface area contributed by atoms with Gasteiger partial charge in [0.2, 0.25) is 11.8 Å². The number of carbonyl (C=O) groups is 2. The van der Waals surface area contributed by atoms with Crippen LogP contribution in [-0.4, -0.2) is 29.3 Å². The number of hydrogen-bond acceptors (Lipinski definition) is 2. The summed E-state index contributed by atoms with van der Waals surface area (Å²) < 4.78 is 0. The number of piperazine rings is 1. The van der Waals surface area contributed by atoms with Gasteiger partial charge in [-0.1, -0.05) is 43.2 Å². The molecule has 1 saturated heterocycles. The molecule has 2 atom stereocenters. The van der Waals surface area contributed by atoms with Crippen molar-refractivity contribution in [3.05, 3.63) is 35.4 Å². The topological polar surface area (TPSA) is 49.4 Å². The molecule has 0 aromatic heterocycles. The highest BCUT2D eigenvalue weighted by atomic mass is 16.2. The van der Waals surface area contributed by atoms with Gasteiger partial charge in [0.25, 0.3) is 0 Å². The third-order valence-corrected chi connectivity index (χ3v) is 3.83. The van der Waals surface area contributed by atoms with Crippen LogP contribution < -0.4 is 5.32 Å². The lowest BCUT2D eigenvalue weighted by molar-refractivity contribution is -0.146. The van der Waals surface area contributed by atoms with Gasteiger partial charge in [-0.3, -0.25) is 9.59 Å². The Labute approximate surface area is 120 Å². The predicted octanol–water partition coefficient (Wildman–Crippen LogP) is 2.18. The average molecular weight is 274 g/mol. The molecule has 1 aromatic rings. The second-order valence-corrected chi connectivity index (χ2v) is 5.46. The first-order valence-electron chi connectivity index (χ1n) is 7.19. The molecule has 4 nitrogen and oxygen atoms in total. The summed E-state index contributed by atoms with van der Waals surface area (Å²) in [6, 6.07) is 7.67. The van der Waals surface area contributed by atoms with Gasteiger partial charge in [-0.05, 0) is 25.8 Å². The van der Waals surface area contributed by atoms with Gasteiger partial charge in [0.05, 0.1) is 6.04 Å². The van der Waals surface area contributed by atoms with E-state index in [1.807, 2.05) is 45.0 Å². The van der Waals surface area contributed by atoms with Crippen LogP contribution >= 0.6 is 0 Å². The number of nitrogens with one attached hydrogen (secondary N) is 1. The number of aryl methyl sites for hydroxylation is 1. The Balaban J connectivity index is 2.19. The third kappa shape index (κ3) is 3.00. The van der Waals surface area contributed by atoms with E-state index >= 15 is 0 Å². The number of hydrogen-bond donors (Lipinski definition) is 1. The fourth-order valence-corrected chi connectivity index (χ4v) is 2.57. The van der Waals surface area contributed by atoms with Crippen LogP contribution in [0.5, 0.6) is 0 Å². The second kappa shape index (κ2) is 6.07. The minimum Gasteiger partial charge on any atom is -0.343 e. The van der Waals surface area contributed by atoms with Gasteiger partial charge in [0.15, 0.2) is 0 Å². The number of nitrogens with zero attached hydrogens (tertiary/aromatic N) is 1. The summed E-state index contributed by atoms with van der Waals surface area (Å²) in [5.41, 5.74) is 2.25. The molecule has 0 saturated carbocycles. The van der Waals surface area contributed by atoms with Crippen molar-refractivity contribution in [2.24, 2.45) is 0 Å². The molecular weight excluding hydrogens is 252 g/mol.